The van der Waals surface area contributed by atoms with Gasteiger partial charge in [-0.25, -0.2) is 20.1 Å². The van der Waals surface area contributed by atoms with E-state index in [4.69, 9.17) is 14.5 Å². The number of benzene rings is 3. The number of methoxy groups -OCH3 is 2. The van der Waals surface area contributed by atoms with Crippen LogP contribution in [-0.4, -0.2) is 92.6 Å². The van der Waals surface area contributed by atoms with E-state index >= 15 is 0 Å². The summed E-state index contributed by atoms with van der Waals surface area (Å²) in [5, 5.41) is 6.24. The number of likely N-dealkylation sites (tertiary alicyclic amines) is 1. The molecule has 3 aromatic carbocycles. The SMILES string of the molecule is COC(=O)NC(C)C(=O)N(Cc1ncc(-c2ccc(-c3ccc4cc(-c5cnc(C6CC7(CC7)CN6C(=O)C([NH2+]C(=O)OC)C(C)C)[nH]5)ccc4c3)cc2)[nH]1)C1CCC(C)C1. The molecule has 14 nitrogen and oxygen atoms in total. The molecule has 3 heterocycles. The van der Waals surface area contributed by atoms with Crippen LogP contribution in [0.15, 0.2) is 73.1 Å². The number of hydrogen-bond donors (Lipinski definition) is 4. The number of primary amides is 1. The molecule has 5 N–H and O–H groups in total. The van der Waals surface area contributed by atoms with Crippen molar-refractivity contribution in [1.29, 1.82) is 0 Å². The number of hydrogen-bond acceptors (Lipinski definition) is 8. The summed E-state index contributed by atoms with van der Waals surface area (Å²) in [6.07, 6.45) is 8.48. The number of aromatic nitrogens is 4. The number of quaternary nitrogens is 1. The van der Waals surface area contributed by atoms with Crippen LogP contribution in [0, 0.1) is 17.3 Å². The van der Waals surface area contributed by atoms with Crippen molar-refractivity contribution in [2.24, 2.45) is 17.3 Å². The zero-order chi connectivity index (χ0) is 43.0. The van der Waals surface area contributed by atoms with Gasteiger partial charge in [0.05, 0.1) is 50.6 Å². The standard InChI is InChI=1S/C47H56N8O6/c1-27(2)41(53-46(59)61-6)44(57)55-26-47(17-18-47)22-39(55)42-49-24-38(52-42)35-15-14-33-20-32(12-13-34(33)21-35)30-8-10-31(11-9-30)37-23-48-40(51-37)25-54(36-16-7-28(3)19-36)43(56)29(4)50-45(58)60-5/h8-15,20-21,23-24,27-29,36,39,41H,7,16-19,22,25-26H2,1-6H3,(H,48,51)(H,49,52)(H,50,58)(H,53,59)/p+1. The van der Waals surface area contributed by atoms with Gasteiger partial charge in [-0.1, -0.05) is 69.3 Å². The van der Waals surface area contributed by atoms with E-state index in [0.29, 0.717) is 24.8 Å². The molecule has 4 amide bonds. The Morgan fingerprint density at radius 1 is 0.869 bits per heavy atom. The molecule has 1 saturated heterocycles. The van der Waals surface area contributed by atoms with Gasteiger partial charge in [-0.05, 0) is 96.4 Å². The molecule has 3 fully saturated rings. The summed E-state index contributed by atoms with van der Waals surface area (Å²) in [4.78, 5) is 71.7. The van der Waals surface area contributed by atoms with E-state index in [1.54, 1.807) is 13.1 Å². The minimum atomic E-state index is -0.723. The number of carbonyl (C=O) groups is 4. The molecule has 8 rings (SSSR count). The molecule has 1 aliphatic heterocycles. The van der Waals surface area contributed by atoms with Crippen LogP contribution in [0.2, 0.25) is 0 Å². The van der Waals surface area contributed by atoms with Crippen LogP contribution in [0.5, 0.6) is 0 Å². The van der Waals surface area contributed by atoms with Crippen LogP contribution >= 0.6 is 0 Å². The molecule has 0 bridgehead atoms. The maximum absolute atomic E-state index is 13.9. The molecule has 14 heteroatoms. The van der Waals surface area contributed by atoms with E-state index in [1.165, 1.54) is 19.5 Å². The third kappa shape index (κ3) is 8.90. The lowest BCUT2D eigenvalue weighted by Crippen LogP contribution is -2.96. The maximum atomic E-state index is 13.9. The Balaban J connectivity index is 0.947. The van der Waals surface area contributed by atoms with Gasteiger partial charge in [0.1, 0.15) is 17.7 Å². The first kappa shape index (κ1) is 41.7. The Hall–Kier alpha value is -6.02. The number of rotatable bonds is 12. The number of alkyl carbamates (subject to hydrolysis) is 1. The Morgan fingerprint density at radius 3 is 2.18 bits per heavy atom. The van der Waals surface area contributed by atoms with Crippen molar-refractivity contribution in [1.82, 2.24) is 35.1 Å². The highest BCUT2D eigenvalue weighted by Gasteiger charge is 2.55. The van der Waals surface area contributed by atoms with E-state index in [-0.39, 0.29) is 35.2 Å². The van der Waals surface area contributed by atoms with Crippen molar-refractivity contribution in [3.63, 3.8) is 0 Å². The predicted octanol–water partition coefficient (Wildman–Crippen LogP) is 6.96. The van der Waals surface area contributed by atoms with Gasteiger partial charge in [-0.3, -0.25) is 9.59 Å². The zero-order valence-electron chi connectivity index (χ0n) is 35.9. The minimum absolute atomic E-state index is 0.0496. The maximum Gasteiger partial charge on any atom is 0.513 e. The molecule has 2 saturated carbocycles. The van der Waals surface area contributed by atoms with E-state index in [9.17, 15) is 19.2 Å². The topological polar surface area (TPSA) is 179 Å². The zero-order valence-corrected chi connectivity index (χ0v) is 35.9. The molecule has 1 spiro atoms. The first-order valence-electron chi connectivity index (χ1n) is 21.5. The fraction of sp³-hybridized carbons (Fsp3) is 0.447. The van der Waals surface area contributed by atoms with Gasteiger partial charge < -0.3 is 34.6 Å². The van der Waals surface area contributed by atoms with Gasteiger partial charge in [-0.15, -0.1) is 0 Å². The molecule has 61 heavy (non-hydrogen) atoms. The number of nitrogens with zero attached hydrogens (tertiary/aromatic N) is 4. The number of carbonyl (C=O) groups excluding carboxylic acids is 4. The van der Waals surface area contributed by atoms with Gasteiger partial charge in [0, 0.05) is 24.1 Å². The van der Waals surface area contributed by atoms with Crippen LogP contribution in [-0.2, 0) is 25.6 Å². The number of ether oxygens (including phenoxy) is 2. The number of imidazole rings is 2. The van der Waals surface area contributed by atoms with Crippen LogP contribution in [0.1, 0.15) is 83.9 Å². The van der Waals surface area contributed by atoms with Crippen molar-refractivity contribution in [2.45, 2.75) is 96.9 Å². The molecule has 2 aromatic heterocycles. The van der Waals surface area contributed by atoms with Crippen molar-refractivity contribution in [3.8, 4) is 33.6 Å². The van der Waals surface area contributed by atoms with Gasteiger partial charge in [0.2, 0.25) is 5.91 Å². The monoisotopic (exact) mass is 829 g/mol. The lowest BCUT2D eigenvalue weighted by Gasteiger charge is -2.31. The summed E-state index contributed by atoms with van der Waals surface area (Å²) in [5.41, 5.74) is 6.06. The normalized spacial score (nSPS) is 20.2. The minimum Gasteiger partial charge on any atom is -0.453 e. The summed E-state index contributed by atoms with van der Waals surface area (Å²) >= 11 is 0. The molecule has 5 atom stereocenters. The lowest BCUT2D eigenvalue weighted by molar-refractivity contribution is -0.601. The number of H-pyrrole nitrogens is 2. The Labute approximate surface area is 356 Å². The van der Waals surface area contributed by atoms with Crippen LogP contribution in [0.4, 0.5) is 9.59 Å². The quantitative estimate of drug-likeness (QED) is 0.104. The largest absolute Gasteiger partial charge is 0.513 e. The fourth-order valence-electron chi connectivity index (χ4n) is 9.26. The highest BCUT2D eigenvalue weighted by Crippen LogP contribution is 2.58. The van der Waals surface area contributed by atoms with E-state index in [2.05, 4.69) is 87.9 Å². The summed E-state index contributed by atoms with van der Waals surface area (Å²) in [6, 6.07) is 19.8. The average molecular weight is 830 g/mol. The highest BCUT2D eigenvalue weighted by atomic mass is 16.5. The highest BCUT2D eigenvalue weighted by molar-refractivity contribution is 5.91. The molecule has 2 aliphatic carbocycles. The van der Waals surface area contributed by atoms with Crippen LogP contribution in [0.3, 0.4) is 0 Å². The summed E-state index contributed by atoms with van der Waals surface area (Å²) in [5.74, 6) is 1.72. The fourth-order valence-corrected chi connectivity index (χ4v) is 9.26. The molecular weight excluding hydrogens is 773 g/mol. The second-order valence-electron chi connectivity index (χ2n) is 17.8. The Kier molecular flexibility index (Phi) is 11.7. The first-order valence-corrected chi connectivity index (χ1v) is 21.5. The van der Waals surface area contributed by atoms with E-state index in [0.717, 1.165) is 88.8 Å². The average Bonchev–Trinajstić information content (AvgIpc) is 3.75. The van der Waals surface area contributed by atoms with E-state index < -0.39 is 24.3 Å². The molecule has 3 aliphatic rings. The first-order chi connectivity index (χ1) is 29.3. The molecule has 320 valence electrons. The van der Waals surface area contributed by atoms with Crippen LogP contribution < -0.4 is 10.6 Å². The van der Waals surface area contributed by atoms with Crippen molar-refractivity contribution >= 4 is 34.8 Å². The van der Waals surface area contributed by atoms with Crippen molar-refractivity contribution in [3.05, 3.63) is 84.7 Å². The Morgan fingerprint density at radius 2 is 1.52 bits per heavy atom. The number of fused-ring (bicyclic) bond motifs is 1. The van der Waals surface area contributed by atoms with Crippen molar-refractivity contribution in [2.75, 3.05) is 20.8 Å². The third-order valence-electron chi connectivity index (χ3n) is 13.1. The van der Waals surface area contributed by atoms with Crippen LogP contribution in [0.25, 0.3) is 44.4 Å². The lowest BCUT2D eigenvalue weighted by atomic mass is 9.98. The van der Waals surface area contributed by atoms with E-state index in [1.807, 2.05) is 29.8 Å². The molecule has 0 radical (unpaired) electrons. The number of nitrogens with two attached hydrogens (primary N) is 1. The second-order valence-corrected chi connectivity index (χ2v) is 17.8. The predicted molar refractivity (Wildman–Crippen MR) is 231 cm³/mol. The number of aromatic amines is 2. The third-order valence-corrected chi connectivity index (χ3v) is 13.1. The Bertz CT molecular complexity index is 2420. The second kappa shape index (κ2) is 17.2. The van der Waals surface area contributed by atoms with Gasteiger partial charge in [0.15, 0.2) is 6.04 Å². The molecule has 5 aromatic rings. The molecule has 5 unspecified atom stereocenters. The summed E-state index contributed by atoms with van der Waals surface area (Å²) in [6.45, 7) is 8.80. The number of nitrogens with one attached hydrogen (secondary N) is 3. The van der Waals surface area contributed by atoms with Crippen molar-refractivity contribution < 1.29 is 34.0 Å². The van der Waals surface area contributed by atoms with Gasteiger partial charge in [0.25, 0.3) is 5.91 Å². The van der Waals surface area contributed by atoms with Gasteiger partial charge in [-0.2, -0.15) is 4.79 Å². The number of amides is 4. The summed E-state index contributed by atoms with van der Waals surface area (Å²) in [7, 11) is 2.62. The summed E-state index contributed by atoms with van der Waals surface area (Å²) < 4.78 is 9.60. The smallest absolute Gasteiger partial charge is 0.453 e. The van der Waals surface area contributed by atoms with Gasteiger partial charge >= 0.3 is 12.2 Å². The molecular formula is C47H57N8O6+.